The zero-order chi connectivity index (χ0) is 13.9. The van der Waals surface area contributed by atoms with Crippen LogP contribution in [0, 0.1) is 0 Å². The number of methoxy groups -OCH3 is 1. The van der Waals surface area contributed by atoms with Gasteiger partial charge < -0.3 is 9.64 Å². The third-order valence-corrected chi connectivity index (χ3v) is 3.76. The van der Waals surface area contributed by atoms with Gasteiger partial charge >= 0.3 is 0 Å². The van der Waals surface area contributed by atoms with Gasteiger partial charge in [0.1, 0.15) is 5.75 Å². The van der Waals surface area contributed by atoms with E-state index in [1.54, 1.807) is 7.11 Å². The second kappa shape index (κ2) is 5.37. The van der Waals surface area contributed by atoms with Gasteiger partial charge in [-0.05, 0) is 30.2 Å². The first-order chi connectivity index (χ1) is 9.79. The van der Waals surface area contributed by atoms with E-state index in [-0.39, 0.29) is 5.91 Å². The number of hydrogen-bond donors (Lipinski definition) is 0. The molecular formula is C17H17NO2. The number of fused-ring (bicyclic) bond motifs is 1. The second-order valence-electron chi connectivity index (χ2n) is 4.94. The van der Waals surface area contributed by atoms with Crippen molar-refractivity contribution < 1.29 is 9.53 Å². The topological polar surface area (TPSA) is 29.5 Å². The summed E-state index contributed by atoms with van der Waals surface area (Å²) in [5.41, 5.74) is 3.15. The summed E-state index contributed by atoms with van der Waals surface area (Å²) >= 11 is 0. The number of amides is 1. The third kappa shape index (κ3) is 2.27. The molecule has 0 aliphatic carbocycles. The molecule has 1 aliphatic rings. The highest BCUT2D eigenvalue weighted by Crippen LogP contribution is 2.28. The maximum atomic E-state index is 12.5. The summed E-state index contributed by atoms with van der Waals surface area (Å²) < 4.78 is 5.41. The molecule has 0 saturated carbocycles. The number of ether oxygens (including phenoxy) is 1. The first-order valence-corrected chi connectivity index (χ1v) is 6.78. The minimum atomic E-state index is 0.0853. The van der Waals surface area contributed by atoms with Gasteiger partial charge in [-0.1, -0.05) is 30.3 Å². The van der Waals surface area contributed by atoms with Crippen LogP contribution >= 0.6 is 0 Å². The molecular weight excluding hydrogens is 250 g/mol. The van der Waals surface area contributed by atoms with Crippen LogP contribution in [0.2, 0.25) is 0 Å². The minimum Gasteiger partial charge on any atom is -0.496 e. The molecule has 0 fully saturated rings. The van der Waals surface area contributed by atoms with Crippen molar-refractivity contribution >= 4 is 5.91 Å². The van der Waals surface area contributed by atoms with E-state index >= 15 is 0 Å². The van der Waals surface area contributed by atoms with E-state index in [0.29, 0.717) is 6.54 Å². The fourth-order valence-corrected chi connectivity index (χ4v) is 2.68. The molecule has 0 radical (unpaired) electrons. The number of hydrogen-bond acceptors (Lipinski definition) is 2. The van der Waals surface area contributed by atoms with E-state index < -0.39 is 0 Å². The van der Waals surface area contributed by atoms with Gasteiger partial charge in [0.25, 0.3) is 5.91 Å². The average Bonchev–Trinajstić information content (AvgIpc) is 2.54. The molecule has 20 heavy (non-hydrogen) atoms. The molecule has 0 N–H and O–H groups in total. The Hall–Kier alpha value is -2.29. The number of carbonyl (C=O) groups excluding carboxylic acids is 1. The van der Waals surface area contributed by atoms with Gasteiger partial charge in [0.15, 0.2) is 0 Å². The molecule has 1 amide bonds. The van der Waals surface area contributed by atoms with Crippen LogP contribution in [0.25, 0.3) is 0 Å². The monoisotopic (exact) mass is 267 g/mol. The molecule has 3 nitrogen and oxygen atoms in total. The smallest absolute Gasteiger partial charge is 0.254 e. The van der Waals surface area contributed by atoms with Crippen molar-refractivity contribution in [3.8, 4) is 5.75 Å². The standard InChI is InChI=1S/C17H17NO2/c1-20-16-9-5-8-13-10-11-18(12-15(13)16)17(19)14-6-3-2-4-7-14/h2-9H,10-12H2,1H3. The fourth-order valence-electron chi connectivity index (χ4n) is 2.68. The summed E-state index contributed by atoms with van der Waals surface area (Å²) in [5, 5.41) is 0. The van der Waals surface area contributed by atoms with Crippen molar-refractivity contribution in [2.24, 2.45) is 0 Å². The first kappa shape index (κ1) is 12.7. The molecule has 3 heteroatoms. The van der Waals surface area contributed by atoms with Crippen molar-refractivity contribution in [1.82, 2.24) is 4.90 Å². The molecule has 0 atom stereocenters. The molecule has 0 aromatic heterocycles. The highest BCUT2D eigenvalue weighted by molar-refractivity contribution is 5.94. The van der Waals surface area contributed by atoms with Crippen LogP contribution in [-0.2, 0) is 13.0 Å². The molecule has 2 aromatic carbocycles. The van der Waals surface area contributed by atoms with Crippen molar-refractivity contribution in [1.29, 1.82) is 0 Å². The van der Waals surface area contributed by atoms with Gasteiger partial charge in [-0.3, -0.25) is 4.79 Å². The van der Waals surface area contributed by atoms with Crippen LogP contribution in [-0.4, -0.2) is 24.5 Å². The molecule has 2 aromatic rings. The molecule has 0 spiro atoms. The van der Waals surface area contributed by atoms with Crippen molar-refractivity contribution in [2.75, 3.05) is 13.7 Å². The lowest BCUT2D eigenvalue weighted by molar-refractivity contribution is 0.0733. The predicted molar refractivity (Wildman–Crippen MR) is 77.9 cm³/mol. The summed E-state index contributed by atoms with van der Waals surface area (Å²) in [6.45, 7) is 1.38. The van der Waals surface area contributed by atoms with E-state index in [4.69, 9.17) is 4.74 Å². The maximum Gasteiger partial charge on any atom is 0.254 e. The molecule has 102 valence electrons. The quantitative estimate of drug-likeness (QED) is 0.837. The molecule has 1 heterocycles. The van der Waals surface area contributed by atoms with Gasteiger partial charge in [-0.25, -0.2) is 0 Å². The highest BCUT2D eigenvalue weighted by atomic mass is 16.5. The highest BCUT2D eigenvalue weighted by Gasteiger charge is 2.23. The number of benzene rings is 2. The van der Waals surface area contributed by atoms with Crippen LogP contribution in [0.3, 0.4) is 0 Å². The van der Waals surface area contributed by atoms with Gasteiger partial charge in [0, 0.05) is 24.2 Å². The fraction of sp³-hybridized carbons (Fsp3) is 0.235. The molecule has 3 rings (SSSR count). The average molecular weight is 267 g/mol. The summed E-state index contributed by atoms with van der Waals surface area (Å²) in [4.78, 5) is 14.4. The van der Waals surface area contributed by atoms with E-state index in [0.717, 1.165) is 29.8 Å². The van der Waals surface area contributed by atoms with Gasteiger partial charge in [-0.15, -0.1) is 0 Å². The van der Waals surface area contributed by atoms with E-state index in [1.807, 2.05) is 47.4 Å². The Balaban J connectivity index is 1.87. The Kier molecular flexibility index (Phi) is 3.42. The van der Waals surface area contributed by atoms with Crippen LogP contribution in [0.5, 0.6) is 5.75 Å². The second-order valence-corrected chi connectivity index (χ2v) is 4.94. The van der Waals surface area contributed by atoms with Crippen molar-refractivity contribution in [3.05, 3.63) is 65.2 Å². The van der Waals surface area contributed by atoms with Crippen molar-refractivity contribution in [2.45, 2.75) is 13.0 Å². The number of rotatable bonds is 2. The van der Waals surface area contributed by atoms with E-state index in [1.165, 1.54) is 5.56 Å². The lowest BCUT2D eigenvalue weighted by Crippen LogP contribution is -2.36. The summed E-state index contributed by atoms with van der Waals surface area (Å²) in [6, 6.07) is 15.5. The number of carbonyl (C=O) groups is 1. The normalized spacial score (nSPS) is 13.8. The Morgan fingerprint density at radius 1 is 1.10 bits per heavy atom. The Morgan fingerprint density at radius 3 is 2.65 bits per heavy atom. The molecule has 1 aliphatic heterocycles. The van der Waals surface area contributed by atoms with Crippen LogP contribution < -0.4 is 4.74 Å². The Bertz CT molecular complexity index is 608. The molecule has 0 unspecified atom stereocenters. The van der Waals surface area contributed by atoms with Crippen LogP contribution in [0.1, 0.15) is 21.5 Å². The Labute approximate surface area is 118 Å². The SMILES string of the molecule is COc1cccc2c1CN(C(=O)c1ccccc1)CC2. The summed E-state index contributed by atoms with van der Waals surface area (Å²) in [7, 11) is 1.67. The van der Waals surface area contributed by atoms with Gasteiger partial charge in [-0.2, -0.15) is 0 Å². The maximum absolute atomic E-state index is 12.5. The third-order valence-electron chi connectivity index (χ3n) is 3.76. The van der Waals surface area contributed by atoms with E-state index in [2.05, 4.69) is 6.07 Å². The largest absolute Gasteiger partial charge is 0.496 e. The summed E-state index contributed by atoms with van der Waals surface area (Å²) in [5.74, 6) is 0.954. The van der Waals surface area contributed by atoms with E-state index in [9.17, 15) is 4.79 Å². The van der Waals surface area contributed by atoms with Crippen LogP contribution in [0.4, 0.5) is 0 Å². The van der Waals surface area contributed by atoms with Gasteiger partial charge in [0.2, 0.25) is 0 Å². The predicted octanol–water partition coefficient (Wildman–Crippen LogP) is 2.89. The van der Waals surface area contributed by atoms with Crippen molar-refractivity contribution in [3.63, 3.8) is 0 Å². The molecule has 0 saturated heterocycles. The zero-order valence-electron chi connectivity index (χ0n) is 11.5. The molecule has 0 bridgehead atoms. The first-order valence-electron chi connectivity index (χ1n) is 6.78. The Morgan fingerprint density at radius 2 is 1.90 bits per heavy atom. The van der Waals surface area contributed by atoms with Gasteiger partial charge in [0.05, 0.1) is 7.11 Å². The van der Waals surface area contributed by atoms with Crippen LogP contribution in [0.15, 0.2) is 48.5 Å². The number of nitrogens with zero attached hydrogens (tertiary/aromatic N) is 1. The minimum absolute atomic E-state index is 0.0853. The zero-order valence-corrected chi connectivity index (χ0v) is 11.5. The summed E-state index contributed by atoms with van der Waals surface area (Å²) in [6.07, 6.45) is 0.880. The lowest BCUT2D eigenvalue weighted by atomic mass is 9.98. The lowest BCUT2D eigenvalue weighted by Gasteiger charge is -2.30.